The molecule has 0 radical (unpaired) electrons. The van der Waals surface area contributed by atoms with Gasteiger partial charge in [-0.1, -0.05) is 0 Å². The van der Waals surface area contributed by atoms with Crippen LogP contribution in [0.15, 0.2) is 36.7 Å². The van der Waals surface area contributed by atoms with Gasteiger partial charge in [0.05, 0.1) is 37.1 Å². The molecule has 29 heavy (non-hydrogen) atoms. The summed E-state index contributed by atoms with van der Waals surface area (Å²) in [5, 5.41) is 0.777. The van der Waals surface area contributed by atoms with Crippen LogP contribution < -0.4 is 9.64 Å². The Hall–Kier alpha value is -3.26. The van der Waals surface area contributed by atoms with E-state index in [9.17, 15) is 4.79 Å². The first-order valence-electron chi connectivity index (χ1n) is 9.42. The van der Waals surface area contributed by atoms with Crippen LogP contribution in [0.25, 0.3) is 22.2 Å². The van der Waals surface area contributed by atoms with Gasteiger partial charge in [0.15, 0.2) is 0 Å². The van der Waals surface area contributed by atoms with Crippen molar-refractivity contribution >= 4 is 22.8 Å². The summed E-state index contributed by atoms with van der Waals surface area (Å²) >= 11 is 0. The third-order valence-electron chi connectivity index (χ3n) is 4.88. The number of rotatable bonds is 4. The van der Waals surface area contributed by atoms with E-state index in [-0.39, 0.29) is 5.91 Å². The Labute approximate surface area is 169 Å². The Morgan fingerprint density at radius 2 is 1.86 bits per heavy atom. The average molecular weight is 393 g/mol. The molecule has 8 nitrogen and oxygen atoms in total. The number of amides is 1. The Morgan fingerprint density at radius 3 is 2.52 bits per heavy atom. The van der Waals surface area contributed by atoms with E-state index in [1.807, 2.05) is 18.2 Å². The van der Waals surface area contributed by atoms with E-state index in [1.54, 1.807) is 44.6 Å². The molecule has 0 bridgehead atoms. The number of fused-ring (bicyclic) bond motifs is 1. The molecule has 0 atom stereocenters. The molecule has 1 amide bonds. The van der Waals surface area contributed by atoms with Gasteiger partial charge in [-0.2, -0.15) is 0 Å². The number of carbonyl (C=O) groups is 1. The van der Waals surface area contributed by atoms with Crippen LogP contribution in [0, 0.1) is 0 Å². The predicted octanol–water partition coefficient (Wildman–Crippen LogP) is 2.24. The molecule has 1 aliphatic rings. The highest BCUT2D eigenvalue weighted by atomic mass is 16.5. The van der Waals surface area contributed by atoms with Crippen molar-refractivity contribution in [3.05, 3.63) is 42.2 Å². The van der Waals surface area contributed by atoms with Crippen molar-refractivity contribution in [1.82, 2.24) is 19.9 Å². The van der Waals surface area contributed by atoms with Crippen molar-refractivity contribution < 1.29 is 14.3 Å². The van der Waals surface area contributed by atoms with Gasteiger partial charge < -0.3 is 19.3 Å². The highest BCUT2D eigenvalue weighted by molar-refractivity contribution is 6.07. The fraction of sp³-hybridized carbons (Fsp3) is 0.333. The summed E-state index contributed by atoms with van der Waals surface area (Å²) in [5.41, 5.74) is 2.66. The average Bonchev–Trinajstić information content (AvgIpc) is 2.78. The van der Waals surface area contributed by atoms with E-state index in [0.29, 0.717) is 41.7 Å². The van der Waals surface area contributed by atoms with Gasteiger partial charge in [0.2, 0.25) is 5.95 Å². The summed E-state index contributed by atoms with van der Waals surface area (Å²) in [4.78, 5) is 30.2. The molecule has 0 spiro atoms. The summed E-state index contributed by atoms with van der Waals surface area (Å²) in [6.45, 7) is 2.90. The molecular weight excluding hydrogens is 370 g/mol. The van der Waals surface area contributed by atoms with Crippen molar-refractivity contribution in [2.75, 3.05) is 52.4 Å². The van der Waals surface area contributed by atoms with E-state index >= 15 is 0 Å². The molecule has 1 aliphatic heterocycles. The van der Waals surface area contributed by atoms with Crippen molar-refractivity contribution in [3.63, 3.8) is 0 Å². The van der Waals surface area contributed by atoms with Gasteiger partial charge in [0, 0.05) is 56.6 Å². The zero-order valence-corrected chi connectivity index (χ0v) is 16.8. The number of methoxy groups -OCH3 is 1. The Morgan fingerprint density at radius 1 is 1.14 bits per heavy atom. The lowest BCUT2D eigenvalue weighted by Crippen LogP contribution is -2.37. The van der Waals surface area contributed by atoms with Crippen LogP contribution in [0.4, 0.5) is 5.95 Å². The maximum Gasteiger partial charge on any atom is 0.254 e. The molecule has 3 aromatic rings. The number of benzene rings is 1. The fourth-order valence-corrected chi connectivity index (χ4v) is 3.28. The standard InChI is InChI=1S/C21H23N5O3/c1-25(2)20(27)17-11-18(24-19-10-15(28-3)4-5-16(17)19)14-12-22-21(23-13-14)26-6-8-29-9-7-26/h4-5,10-13H,6-9H2,1-3H3. The minimum Gasteiger partial charge on any atom is -0.497 e. The highest BCUT2D eigenvalue weighted by Crippen LogP contribution is 2.28. The predicted molar refractivity (Wildman–Crippen MR) is 110 cm³/mol. The van der Waals surface area contributed by atoms with Crippen LogP contribution in [-0.4, -0.2) is 73.3 Å². The summed E-state index contributed by atoms with van der Waals surface area (Å²) in [7, 11) is 5.07. The number of pyridine rings is 1. The van der Waals surface area contributed by atoms with E-state index in [0.717, 1.165) is 24.0 Å². The topological polar surface area (TPSA) is 80.7 Å². The van der Waals surface area contributed by atoms with Crippen LogP contribution in [0.3, 0.4) is 0 Å². The Kier molecular flexibility index (Phi) is 5.26. The van der Waals surface area contributed by atoms with Crippen LogP contribution >= 0.6 is 0 Å². The van der Waals surface area contributed by atoms with Gasteiger partial charge in [-0.25, -0.2) is 15.0 Å². The van der Waals surface area contributed by atoms with Crippen molar-refractivity contribution in [2.45, 2.75) is 0 Å². The molecule has 2 aromatic heterocycles. The third-order valence-corrected chi connectivity index (χ3v) is 4.88. The first kappa shape index (κ1) is 19.1. The van der Waals surface area contributed by atoms with Gasteiger partial charge in [-0.15, -0.1) is 0 Å². The third kappa shape index (κ3) is 3.84. The van der Waals surface area contributed by atoms with Crippen molar-refractivity contribution in [2.24, 2.45) is 0 Å². The zero-order chi connectivity index (χ0) is 20.4. The highest BCUT2D eigenvalue weighted by Gasteiger charge is 2.18. The number of nitrogens with zero attached hydrogens (tertiary/aromatic N) is 5. The van der Waals surface area contributed by atoms with Gasteiger partial charge in [-0.05, 0) is 18.2 Å². The minimum absolute atomic E-state index is 0.0883. The van der Waals surface area contributed by atoms with Crippen molar-refractivity contribution in [1.29, 1.82) is 0 Å². The zero-order valence-electron chi connectivity index (χ0n) is 16.8. The largest absolute Gasteiger partial charge is 0.497 e. The molecule has 1 aromatic carbocycles. The summed E-state index contributed by atoms with van der Waals surface area (Å²) in [6.07, 6.45) is 3.49. The van der Waals surface area contributed by atoms with E-state index < -0.39 is 0 Å². The SMILES string of the molecule is COc1ccc2c(C(=O)N(C)C)cc(-c3cnc(N4CCOCC4)nc3)nc2c1. The number of hydrogen-bond acceptors (Lipinski definition) is 7. The summed E-state index contributed by atoms with van der Waals surface area (Å²) in [6, 6.07) is 7.31. The first-order chi connectivity index (χ1) is 14.1. The van der Waals surface area contributed by atoms with E-state index in [2.05, 4.69) is 14.9 Å². The maximum absolute atomic E-state index is 12.8. The minimum atomic E-state index is -0.0883. The molecule has 0 saturated carbocycles. The number of carbonyl (C=O) groups excluding carboxylic acids is 1. The van der Waals surface area contributed by atoms with Crippen molar-refractivity contribution in [3.8, 4) is 17.0 Å². The molecule has 3 heterocycles. The lowest BCUT2D eigenvalue weighted by Gasteiger charge is -2.26. The second-order valence-electron chi connectivity index (χ2n) is 7.01. The first-order valence-corrected chi connectivity index (χ1v) is 9.42. The Balaban J connectivity index is 1.77. The van der Waals surface area contributed by atoms with Crippen LogP contribution in [0.1, 0.15) is 10.4 Å². The summed E-state index contributed by atoms with van der Waals surface area (Å²) in [5.74, 6) is 1.27. The smallest absolute Gasteiger partial charge is 0.254 e. The number of hydrogen-bond donors (Lipinski definition) is 0. The lowest BCUT2D eigenvalue weighted by molar-refractivity contribution is 0.0829. The fourth-order valence-electron chi connectivity index (χ4n) is 3.28. The quantitative estimate of drug-likeness (QED) is 0.672. The maximum atomic E-state index is 12.8. The summed E-state index contributed by atoms with van der Waals surface area (Å²) < 4.78 is 10.7. The number of aromatic nitrogens is 3. The van der Waals surface area contributed by atoms with Gasteiger partial charge in [-0.3, -0.25) is 4.79 Å². The molecule has 0 unspecified atom stereocenters. The van der Waals surface area contributed by atoms with Crippen LogP contribution in [-0.2, 0) is 4.74 Å². The number of anilines is 1. The normalized spacial score (nSPS) is 14.1. The monoisotopic (exact) mass is 393 g/mol. The molecule has 0 N–H and O–H groups in total. The number of ether oxygens (including phenoxy) is 2. The molecule has 1 saturated heterocycles. The number of morpholine rings is 1. The van der Waals surface area contributed by atoms with Crippen LogP contribution in [0.2, 0.25) is 0 Å². The second kappa shape index (κ2) is 8.00. The van der Waals surface area contributed by atoms with E-state index in [4.69, 9.17) is 14.5 Å². The lowest BCUT2D eigenvalue weighted by atomic mass is 10.0. The van der Waals surface area contributed by atoms with E-state index in [1.165, 1.54) is 0 Å². The van der Waals surface area contributed by atoms with Gasteiger partial charge in [0.1, 0.15) is 5.75 Å². The molecular formula is C21H23N5O3. The van der Waals surface area contributed by atoms with Crippen LogP contribution in [0.5, 0.6) is 5.75 Å². The molecule has 8 heteroatoms. The molecule has 1 fully saturated rings. The molecule has 150 valence electrons. The van der Waals surface area contributed by atoms with Gasteiger partial charge in [0.25, 0.3) is 5.91 Å². The Bertz CT molecular complexity index is 1030. The molecule has 4 rings (SSSR count). The van der Waals surface area contributed by atoms with Gasteiger partial charge >= 0.3 is 0 Å². The second-order valence-corrected chi connectivity index (χ2v) is 7.01. The molecule has 0 aliphatic carbocycles.